The Morgan fingerprint density at radius 2 is 0.865 bits per heavy atom. The van der Waals surface area contributed by atoms with Gasteiger partial charge in [0, 0.05) is 15.6 Å². The predicted octanol–water partition coefficient (Wildman–Crippen LogP) is 10.9. The van der Waals surface area contributed by atoms with Crippen molar-refractivity contribution < 1.29 is 0 Å². The van der Waals surface area contributed by atoms with Crippen LogP contribution in [0.2, 0.25) is 0 Å². The lowest BCUT2D eigenvalue weighted by Crippen LogP contribution is -2.04. The Hall–Kier alpha value is -2.71. The summed E-state index contributed by atoms with van der Waals surface area (Å²) in [5.41, 5.74) is 9.88. The fraction of sp³-hybridized carbons (Fsp3) is 0.343. The van der Waals surface area contributed by atoms with Gasteiger partial charge in [-0.1, -0.05) is 115 Å². The minimum Gasteiger partial charge on any atom is -0.248 e. The molecule has 0 N–H and O–H groups in total. The Morgan fingerprint density at radius 3 is 1.30 bits per heavy atom. The van der Waals surface area contributed by atoms with E-state index in [1.807, 2.05) is 0 Å². The molecule has 0 spiro atoms. The van der Waals surface area contributed by atoms with Crippen LogP contribution in [0, 0.1) is 0 Å². The number of hydrogen-bond donors (Lipinski definition) is 0. The third-order valence-corrected chi connectivity index (χ3v) is 9.10. The van der Waals surface area contributed by atoms with E-state index < -0.39 is 0 Å². The van der Waals surface area contributed by atoms with Gasteiger partial charge in [0.05, 0.1) is 11.4 Å². The maximum absolute atomic E-state index is 5.19. The summed E-state index contributed by atoms with van der Waals surface area (Å²) in [5, 5.41) is 0. The molecular formula is C35H36BrN. The number of benzene rings is 3. The van der Waals surface area contributed by atoms with Gasteiger partial charge in [0.15, 0.2) is 0 Å². The van der Waals surface area contributed by atoms with Crippen molar-refractivity contribution in [3.63, 3.8) is 0 Å². The van der Waals surface area contributed by atoms with Crippen molar-refractivity contribution >= 4 is 15.9 Å². The molecule has 37 heavy (non-hydrogen) atoms. The molecule has 1 aromatic heterocycles. The molecule has 3 aromatic carbocycles. The van der Waals surface area contributed by atoms with Gasteiger partial charge in [-0.3, -0.25) is 0 Å². The quantitative estimate of drug-likeness (QED) is 0.241. The normalized spacial score (nSPS) is 17.1. The smallest absolute Gasteiger partial charge is 0.0715 e. The van der Waals surface area contributed by atoms with E-state index in [1.54, 1.807) is 0 Å². The summed E-state index contributed by atoms with van der Waals surface area (Å²) in [6, 6.07) is 31.6. The van der Waals surface area contributed by atoms with E-state index in [-0.39, 0.29) is 0 Å². The zero-order valence-corrected chi connectivity index (χ0v) is 23.2. The van der Waals surface area contributed by atoms with Crippen LogP contribution in [0.1, 0.15) is 87.2 Å². The Bertz CT molecular complexity index is 1230. The minimum atomic E-state index is 0.725. The van der Waals surface area contributed by atoms with E-state index in [0.29, 0.717) is 0 Å². The number of nitrogens with zero attached hydrogens (tertiary/aromatic N) is 1. The molecule has 2 saturated carbocycles. The second kappa shape index (κ2) is 11.4. The van der Waals surface area contributed by atoms with Gasteiger partial charge in [0.1, 0.15) is 0 Å². The highest BCUT2D eigenvalue weighted by atomic mass is 79.9. The zero-order chi connectivity index (χ0) is 25.0. The average molecular weight is 551 g/mol. The molecule has 6 rings (SSSR count). The standard InChI is InChI=1S/C35H36BrN/c36-33-21-19-29(20-22-33)32-23-34(30-15-11-27(12-16-30)25-7-3-1-4-8-25)37-35(24-32)31-17-13-28(14-18-31)26-9-5-2-6-10-26/h11-26H,1-10H2. The van der Waals surface area contributed by atoms with Gasteiger partial charge < -0.3 is 0 Å². The predicted molar refractivity (Wildman–Crippen MR) is 160 cm³/mol. The first-order chi connectivity index (χ1) is 18.2. The van der Waals surface area contributed by atoms with Gasteiger partial charge in [-0.25, -0.2) is 4.98 Å². The first-order valence-electron chi connectivity index (χ1n) is 14.2. The van der Waals surface area contributed by atoms with Gasteiger partial charge in [0.25, 0.3) is 0 Å². The largest absolute Gasteiger partial charge is 0.248 e. The molecule has 0 aliphatic heterocycles. The highest BCUT2D eigenvalue weighted by Crippen LogP contribution is 2.36. The molecule has 0 amide bonds. The second-order valence-corrected chi connectivity index (χ2v) is 12.0. The molecule has 1 heterocycles. The Kier molecular flexibility index (Phi) is 7.55. The van der Waals surface area contributed by atoms with Gasteiger partial charge in [-0.05, 0) is 84.0 Å². The summed E-state index contributed by atoms with van der Waals surface area (Å²) in [5.74, 6) is 1.45. The van der Waals surface area contributed by atoms with Crippen molar-refractivity contribution in [1.29, 1.82) is 0 Å². The van der Waals surface area contributed by atoms with Crippen LogP contribution in [0.3, 0.4) is 0 Å². The number of aromatic nitrogens is 1. The van der Waals surface area contributed by atoms with Crippen LogP contribution in [0.25, 0.3) is 33.6 Å². The van der Waals surface area contributed by atoms with Crippen LogP contribution in [-0.4, -0.2) is 4.98 Å². The van der Waals surface area contributed by atoms with Gasteiger partial charge in [0.2, 0.25) is 0 Å². The molecule has 2 heteroatoms. The molecule has 4 aromatic rings. The molecule has 2 aliphatic carbocycles. The molecule has 2 aliphatic rings. The monoisotopic (exact) mass is 549 g/mol. The topological polar surface area (TPSA) is 12.9 Å². The fourth-order valence-electron chi connectivity index (χ4n) is 6.36. The summed E-state index contributed by atoms with van der Waals surface area (Å²) in [6.07, 6.45) is 13.6. The third-order valence-electron chi connectivity index (χ3n) is 8.57. The van der Waals surface area contributed by atoms with E-state index in [0.717, 1.165) is 27.7 Å². The lowest BCUT2D eigenvalue weighted by molar-refractivity contribution is 0.443. The molecular weight excluding hydrogens is 514 g/mol. The molecule has 188 valence electrons. The van der Waals surface area contributed by atoms with Crippen molar-refractivity contribution in [1.82, 2.24) is 4.98 Å². The molecule has 0 saturated heterocycles. The van der Waals surface area contributed by atoms with Crippen molar-refractivity contribution in [2.45, 2.75) is 76.0 Å². The number of halogens is 1. The highest BCUT2D eigenvalue weighted by Gasteiger charge is 2.17. The van der Waals surface area contributed by atoms with Gasteiger partial charge in [-0.15, -0.1) is 0 Å². The maximum Gasteiger partial charge on any atom is 0.0715 e. The van der Waals surface area contributed by atoms with Crippen LogP contribution in [-0.2, 0) is 0 Å². The minimum absolute atomic E-state index is 0.725. The van der Waals surface area contributed by atoms with E-state index >= 15 is 0 Å². The Balaban J connectivity index is 1.35. The third kappa shape index (κ3) is 5.75. The zero-order valence-electron chi connectivity index (χ0n) is 21.6. The molecule has 0 radical (unpaired) electrons. The van der Waals surface area contributed by atoms with Crippen molar-refractivity contribution in [2.24, 2.45) is 0 Å². The van der Waals surface area contributed by atoms with Crippen LogP contribution < -0.4 is 0 Å². The summed E-state index contributed by atoms with van der Waals surface area (Å²) in [7, 11) is 0. The molecule has 0 unspecified atom stereocenters. The summed E-state index contributed by atoms with van der Waals surface area (Å²) in [4.78, 5) is 5.19. The number of hydrogen-bond acceptors (Lipinski definition) is 1. The summed E-state index contributed by atoms with van der Waals surface area (Å²) < 4.78 is 1.10. The average Bonchev–Trinajstić information content (AvgIpc) is 2.98. The second-order valence-electron chi connectivity index (χ2n) is 11.0. The first-order valence-corrected chi connectivity index (χ1v) is 15.0. The lowest BCUT2D eigenvalue weighted by atomic mass is 9.83. The first kappa shape index (κ1) is 24.6. The Labute approximate surface area is 230 Å². The number of rotatable bonds is 5. The van der Waals surface area contributed by atoms with E-state index in [9.17, 15) is 0 Å². The van der Waals surface area contributed by atoms with E-state index in [1.165, 1.54) is 97.6 Å². The molecule has 0 atom stereocenters. The van der Waals surface area contributed by atoms with Crippen LogP contribution in [0.4, 0.5) is 0 Å². The van der Waals surface area contributed by atoms with Crippen LogP contribution in [0.15, 0.2) is 89.4 Å². The van der Waals surface area contributed by atoms with Crippen LogP contribution >= 0.6 is 15.9 Å². The highest BCUT2D eigenvalue weighted by molar-refractivity contribution is 9.10. The van der Waals surface area contributed by atoms with Crippen molar-refractivity contribution in [3.8, 4) is 33.6 Å². The maximum atomic E-state index is 5.19. The Morgan fingerprint density at radius 1 is 0.459 bits per heavy atom. The number of pyridine rings is 1. The van der Waals surface area contributed by atoms with Crippen molar-refractivity contribution in [3.05, 3.63) is 101 Å². The fourth-order valence-corrected chi connectivity index (χ4v) is 6.62. The van der Waals surface area contributed by atoms with Gasteiger partial charge >= 0.3 is 0 Å². The molecule has 1 nitrogen and oxygen atoms in total. The summed E-state index contributed by atoms with van der Waals surface area (Å²) >= 11 is 3.59. The van der Waals surface area contributed by atoms with Crippen molar-refractivity contribution in [2.75, 3.05) is 0 Å². The van der Waals surface area contributed by atoms with Gasteiger partial charge in [-0.2, -0.15) is 0 Å². The molecule has 0 bridgehead atoms. The SMILES string of the molecule is Brc1ccc(-c2cc(-c3ccc(C4CCCCC4)cc3)nc(-c3ccc(C4CCCCC4)cc3)c2)cc1. The van der Waals surface area contributed by atoms with E-state index in [4.69, 9.17) is 4.98 Å². The lowest BCUT2D eigenvalue weighted by Gasteiger charge is -2.22. The molecule has 2 fully saturated rings. The summed E-state index contributed by atoms with van der Waals surface area (Å²) in [6.45, 7) is 0. The van der Waals surface area contributed by atoms with Crippen LogP contribution in [0.5, 0.6) is 0 Å². The van der Waals surface area contributed by atoms with E-state index in [2.05, 4.69) is 101 Å².